The molecule has 0 bridgehead atoms. The van der Waals surface area contributed by atoms with Crippen LogP contribution >= 0.6 is 11.3 Å². The van der Waals surface area contributed by atoms with Crippen molar-refractivity contribution in [3.8, 4) is 10.6 Å². The van der Waals surface area contributed by atoms with Gasteiger partial charge in [0.15, 0.2) is 0 Å². The van der Waals surface area contributed by atoms with Crippen LogP contribution in [0.4, 0.5) is 0 Å². The number of amides is 2. The van der Waals surface area contributed by atoms with E-state index in [9.17, 15) is 9.59 Å². The van der Waals surface area contributed by atoms with Gasteiger partial charge in [-0.25, -0.2) is 4.98 Å². The lowest BCUT2D eigenvalue weighted by Gasteiger charge is -2.29. The highest BCUT2D eigenvalue weighted by atomic mass is 32.1. The number of carbonyl (C=O) groups excluding carboxylic acids is 2. The Morgan fingerprint density at radius 3 is 2.74 bits per heavy atom. The number of hydrogen-bond donors (Lipinski definition) is 2. The van der Waals surface area contributed by atoms with Crippen LogP contribution in [0.2, 0.25) is 0 Å². The lowest BCUT2D eigenvalue weighted by Crippen LogP contribution is -2.47. The molecule has 0 aromatic carbocycles. The summed E-state index contributed by atoms with van der Waals surface area (Å²) in [5.74, 6) is -0.0177. The summed E-state index contributed by atoms with van der Waals surface area (Å²) in [5, 5.41) is 6.74. The number of pyridine rings is 1. The summed E-state index contributed by atoms with van der Waals surface area (Å²) in [6.07, 6.45) is 6.95. The molecule has 2 heterocycles. The predicted octanol–water partition coefficient (Wildman–Crippen LogP) is 2.73. The van der Waals surface area contributed by atoms with E-state index in [0.717, 1.165) is 29.1 Å². The van der Waals surface area contributed by atoms with Gasteiger partial charge in [0, 0.05) is 54.2 Å². The first-order chi connectivity index (χ1) is 12.9. The van der Waals surface area contributed by atoms with Crippen LogP contribution in [0.25, 0.3) is 10.6 Å². The number of aromatic nitrogens is 2. The highest BCUT2D eigenvalue weighted by molar-refractivity contribution is 7.15. The van der Waals surface area contributed by atoms with Crippen molar-refractivity contribution in [2.24, 2.45) is 5.92 Å². The van der Waals surface area contributed by atoms with E-state index in [1.165, 1.54) is 4.88 Å². The number of nitrogens with one attached hydrogen (secondary N) is 2. The number of thiazole rings is 1. The molecule has 2 aromatic rings. The Morgan fingerprint density at radius 2 is 2.04 bits per heavy atom. The quantitative estimate of drug-likeness (QED) is 0.800. The Balaban J connectivity index is 1.62. The molecule has 2 aromatic heterocycles. The fraction of sp³-hybridized carbons (Fsp3) is 0.500. The van der Waals surface area contributed by atoms with Crippen molar-refractivity contribution in [2.75, 3.05) is 7.05 Å². The molecule has 0 saturated carbocycles. The molecule has 1 atom stereocenters. The van der Waals surface area contributed by atoms with E-state index in [2.05, 4.69) is 15.6 Å². The van der Waals surface area contributed by atoms with Gasteiger partial charge in [0.1, 0.15) is 5.01 Å². The topological polar surface area (TPSA) is 84.0 Å². The number of rotatable bonds is 6. The Labute approximate surface area is 163 Å². The molecule has 2 amide bonds. The van der Waals surface area contributed by atoms with Crippen molar-refractivity contribution in [3.63, 3.8) is 0 Å². The molecule has 1 aliphatic carbocycles. The largest absolute Gasteiger partial charge is 0.359 e. The molecule has 144 valence electrons. The lowest BCUT2D eigenvalue weighted by molar-refractivity contribution is -0.128. The predicted molar refractivity (Wildman–Crippen MR) is 106 cm³/mol. The van der Waals surface area contributed by atoms with Gasteiger partial charge in [0.05, 0.1) is 5.69 Å². The Bertz CT molecular complexity index is 817. The van der Waals surface area contributed by atoms with Gasteiger partial charge in [-0.3, -0.25) is 14.6 Å². The van der Waals surface area contributed by atoms with Gasteiger partial charge in [0.25, 0.3) is 0 Å². The lowest BCUT2D eigenvalue weighted by atomic mass is 9.88. The van der Waals surface area contributed by atoms with Crippen LogP contribution in [0.1, 0.15) is 43.7 Å². The third-order valence-corrected chi connectivity index (χ3v) is 6.16. The fourth-order valence-corrected chi connectivity index (χ4v) is 4.38. The van der Waals surface area contributed by atoms with Crippen molar-refractivity contribution in [1.82, 2.24) is 20.6 Å². The molecule has 0 aliphatic heterocycles. The van der Waals surface area contributed by atoms with Crippen molar-refractivity contribution < 1.29 is 9.59 Å². The number of fused-ring (bicyclic) bond motifs is 1. The third-order valence-electron chi connectivity index (χ3n) is 4.95. The molecular weight excluding hydrogens is 360 g/mol. The maximum atomic E-state index is 12.8. The average molecular weight is 387 g/mol. The van der Waals surface area contributed by atoms with Gasteiger partial charge in [-0.2, -0.15) is 0 Å². The number of carbonyl (C=O) groups is 2. The van der Waals surface area contributed by atoms with Gasteiger partial charge in [-0.05, 0) is 45.2 Å². The number of aryl methyl sites for hydroxylation is 1. The van der Waals surface area contributed by atoms with Crippen LogP contribution in [0.5, 0.6) is 0 Å². The summed E-state index contributed by atoms with van der Waals surface area (Å²) in [7, 11) is 1.63. The first-order valence-corrected chi connectivity index (χ1v) is 10.1. The van der Waals surface area contributed by atoms with E-state index < -0.39 is 5.54 Å². The first-order valence-electron chi connectivity index (χ1n) is 9.29. The molecule has 0 radical (unpaired) electrons. The second-order valence-corrected chi connectivity index (χ2v) is 8.69. The fourth-order valence-electron chi connectivity index (χ4n) is 3.27. The molecule has 0 saturated heterocycles. The van der Waals surface area contributed by atoms with Crippen molar-refractivity contribution >= 4 is 23.2 Å². The van der Waals surface area contributed by atoms with Gasteiger partial charge in [0.2, 0.25) is 11.8 Å². The smallest absolute Gasteiger partial charge is 0.223 e. The maximum Gasteiger partial charge on any atom is 0.223 e. The molecule has 2 N–H and O–H groups in total. The normalized spacial score (nSPS) is 16.5. The minimum Gasteiger partial charge on any atom is -0.359 e. The molecule has 7 heteroatoms. The molecule has 1 aliphatic rings. The monoisotopic (exact) mass is 386 g/mol. The van der Waals surface area contributed by atoms with E-state index >= 15 is 0 Å². The molecule has 3 rings (SSSR count). The van der Waals surface area contributed by atoms with Crippen LogP contribution in [0.3, 0.4) is 0 Å². The van der Waals surface area contributed by atoms with Crippen LogP contribution < -0.4 is 10.6 Å². The zero-order valence-electron chi connectivity index (χ0n) is 16.0. The van der Waals surface area contributed by atoms with E-state index in [-0.39, 0.29) is 17.7 Å². The van der Waals surface area contributed by atoms with Gasteiger partial charge in [-0.1, -0.05) is 0 Å². The van der Waals surface area contributed by atoms with Gasteiger partial charge < -0.3 is 10.6 Å². The Kier molecular flexibility index (Phi) is 5.89. The first kappa shape index (κ1) is 19.5. The van der Waals surface area contributed by atoms with Crippen molar-refractivity contribution in [2.45, 2.75) is 51.5 Å². The molecule has 1 unspecified atom stereocenters. The van der Waals surface area contributed by atoms with Crippen LogP contribution in [-0.2, 0) is 22.4 Å². The van der Waals surface area contributed by atoms with E-state index in [1.54, 1.807) is 30.8 Å². The average Bonchev–Trinajstić information content (AvgIpc) is 3.10. The highest BCUT2D eigenvalue weighted by Gasteiger charge is 2.31. The summed E-state index contributed by atoms with van der Waals surface area (Å²) >= 11 is 1.71. The maximum absolute atomic E-state index is 12.8. The van der Waals surface area contributed by atoms with Crippen LogP contribution in [0.15, 0.2) is 24.5 Å². The molecule has 27 heavy (non-hydrogen) atoms. The summed E-state index contributed by atoms with van der Waals surface area (Å²) in [6, 6.07) is 3.92. The molecule has 0 spiro atoms. The molecule has 0 fully saturated rings. The van der Waals surface area contributed by atoms with Crippen LogP contribution in [0, 0.1) is 5.92 Å². The minimum atomic E-state index is -0.409. The summed E-state index contributed by atoms with van der Waals surface area (Å²) in [6.45, 7) is 3.93. The third kappa shape index (κ3) is 4.91. The number of nitrogens with zero attached hydrogens (tertiary/aromatic N) is 2. The minimum absolute atomic E-state index is 0.00857. The van der Waals surface area contributed by atoms with E-state index in [1.807, 2.05) is 26.0 Å². The van der Waals surface area contributed by atoms with Gasteiger partial charge >= 0.3 is 0 Å². The van der Waals surface area contributed by atoms with E-state index in [0.29, 0.717) is 19.3 Å². The Morgan fingerprint density at radius 1 is 1.30 bits per heavy atom. The number of hydrogen-bond acceptors (Lipinski definition) is 5. The summed E-state index contributed by atoms with van der Waals surface area (Å²) in [4.78, 5) is 34.4. The van der Waals surface area contributed by atoms with Crippen molar-refractivity contribution in [3.05, 3.63) is 35.1 Å². The zero-order chi connectivity index (χ0) is 19.4. The van der Waals surface area contributed by atoms with Crippen LogP contribution in [-0.4, -0.2) is 34.4 Å². The molecular formula is C20H26N4O2S. The summed E-state index contributed by atoms with van der Waals surface area (Å²) in [5.41, 5.74) is 1.70. The standard InChI is InChI=1S/C20H26N4O2S/c1-20(2,9-6-17(25)21-3)24-18(26)14-4-5-16-15(12-14)23-19(27-16)13-7-10-22-11-8-13/h7-8,10-11,14H,4-6,9,12H2,1-3H3,(H,21,25)(H,24,26). The molecule has 6 nitrogen and oxygen atoms in total. The summed E-state index contributed by atoms with van der Waals surface area (Å²) < 4.78 is 0. The Hall–Kier alpha value is -2.28. The second kappa shape index (κ2) is 8.17. The van der Waals surface area contributed by atoms with Crippen molar-refractivity contribution in [1.29, 1.82) is 0 Å². The zero-order valence-corrected chi connectivity index (χ0v) is 16.9. The van der Waals surface area contributed by atoms with Gasteiger partial charge in [-0.15, -0.1) is 11.3 Å². The SMILES string of the molecule is CNC(=O)CCC(C)(C)NC(=O)C1CCc2sc(-c3ccncc3)nc2C1. The van der Waals surface area contributed by atoms with E-state index in [4.69, 9.17) is 4.98 Å². The second-order valence-electron chi connectivity index (χ2n) is 7.61. The highest BCUT2D eigenvalue weighted by Crippen LogP contribution is 2.34.